The minimum Gasteiger partial charge on any atom is -0.462 e. The molecule has 33 heavy (non-hydrogen) atoms. The molecule has 0 bridgehead atoms. The van der Waals surface area contributed by atoms with Crippen molar-refractivity contribution in [3.63, 3.8) is 0 Å². The van der Waals surface area contributed by atoms with E-state index in [9.17, 15) is 9.59 Å². The van der Waals surface area contributed by atoms with E-state index >= 15 is 0 Å². The predicted octanol–water partition coefficient (Wildman–Crippen LogP) is 6.09. The van der Waals surface area contributed by atoms with Crippen molar-refractivity contribution < 1.29 is 14.3 Å². The summed E-state index contributed by atoms with van der Waals surface area (Å²) >= 11 is 0. The van der Waals surface area contributed by atoms with Crippen LogP contribution in [0.5, 0.6) is 0 Å². The number of ketones is 1. The number of hydrogen-bond acceptors (Lipinski definition) is 5. The second-order valence-corrected chi connectivity index (χ2v) is 13.5. The fourth-order valence-corrected chi connectivity index (χ4v) is 6.59. The first-order chi connectivity index (χ1) is 15.1. The maximum Gasteiger partial charge on any atom is 0.306 e. The Morgan fingerprint density at radius 2 is 1.03 bits per heavy atom. The van der Waals surface area contributed by atoms with E-state index in [2.05, 4.69) is 66.0 Å². The molecule has 5 nitrogen and oxygen atoms in total. The summed E-state index contributed by atoms with van der Waals surface area (Å²) < 4.78 is 5.80. The first-order valence-corrected chi connectivity index (χ1v) is 13.4. The summed E-state index contributed by atoms with van der Waals surface area (Å²) in [6.07, 6.45) is 11.2. The number of ether oxygens (including phenoxy) is 1. The van der Waals surface area contributed by atoms with Crippen molar-refractivity contribution in [3.8, 4) is 0 Å². The van der Waals surface area contributed by atoms with Crippen LogP contribution in [0.15, 0.2) is 0 Å². The molecule has 2 rings (SSSR count). The fraction of sp³-hybridized carbons (Fsp3) is 0.929. The summed E-state index contributed by atoms with van der Waals surface area (Å²) in [6.45, 7) is 17.5. The van der Waals surface area contributed by atoms with Gasteiger partial charge in [0.05, 0.1) is 0 Å². The maximum atomic E-state index is 12.7. The van der Waals surface area contributed by atoms with E-state index in [0.29, 0.717) is 18.6 Å². The first kappa shape index (κ1) is 28.3. The maximum absolute atomic E-state index is 12.7. The molecule has 0 atom stereocenters. The van der Waals surface area contributed by atoms with Gasteiger partial charge in [0, 0.05) is 53.8 Å². The van der Waals surface area contributed by atoms with Gasteiger partial charge in [-0.05, 0) is 81.1 Å². The minimum atomic E-state index is -0.0492. The number of hydrogen-bond donors (Lipinski definition) is 2. The van der Waals surface area contributed by atoms with Gasteiger partial charge in [-0.3, -0.25) is 9.59 Å². The molecule has 5 heteroatoms. The van der Waals surface area contributed by atoms with E-state index in [0.717, 1.165) is 64.2 Å². The molecule has 2 aliphatic heterocycles. The molecule has 0 aromatic carbocycles. The molecule has 2 N–H and O–H groups in total. The second-order valence-electron chi connectivity index (χ2n) is 13.5. The molecule has 0 amide bonds. The van der Waals surface area contributed by atoms with Crippen molar-refractivity contribution in [3.05, 3.63) is 0 Å². The number of piperidine rings is 2. The highest BCUT2D eigenvalue weighted by Crippen LogP contribution is 2.34. The lowest BCUT2D eigenvalue weighted by atomic mass is 9.73. The van der Waals surface area contributed by atoms with Gasteiger partial charge < -0.3 is 15.4 Å². The quantitative estimate of drug-likeness (QED) is 0.286. The highest BCUT2D eigenvalue weighted by atomic mass is 16.5. The summed E-state index contributed by atoms with van der Waals surface area (Å²) in [6, 6.07) is 0. The van der Waals surface area contributed by atoms with Gasteiger partial charge in [-0.1, -0.05) is 25.7 Å². The Balaban J connectivity index is 1.54. The van der Waals surface area contributed by atoms with E-state index in [-0.39, 0.29) is 40.1 Å². The number of unbranched alkanes of at least 4 members (excludes halogenated alkanes) is 5. The fourth-order valence-electron chi connectivity index (χ4n) is 6.59. The average Bonchev–Trinajstić information content (AvgIpc) is 2.58. The zero-order valence-electron chi connectivity index (χ0n) is 22.9. The Morgan fingerprint density at radius 1 is 0.636 bits per heavy atom. The highest BCUT2D eigenvalue weighted by molar-refractivity contribution is 5.81. The van der Waals surface area contributed by atoms with Crippen molar-refractivity contribution in [1.29, 1.82) is 0 Å². The van der Waals surface area contributed by atoms with Gasteiger partial charge in [-0.2, -0.15) is 0 Å². The largest absolute Gasteiger partial charge is 0.462 e. The van der Waals surface area contributed by atoms with Crippen molar-refractivity contribution >= 4 is 11.8 Å². The lowest BCUT2D eigenvalue weighted by Gasteiger charge is -2.46. The van der Waals surface area contributed by atoms with Crippen molar-refractivity contribution in [2.75, 3.05) is 0 Å². The Labute approximate surface area is 203 Å². The lowest BCUT2D eigenvalue weighted by molar-refractivity contribution is -0.153. The van der Waals surface area contributed by atoms with Gasteiger partial charge in [-0.15, -0.1) is 0 Å². The van der Waals surface area contributed by atoms with E-state index < -0.39 is 0 Å². The summed E-state index contributed by atoms with van der Waals surface area (Å²) in [5.41, 5.74) is 0.0513. The minimum absolute atomic E-state index is 0.00559. The van der Waals surface area contributed by atoms with Gasteiger partial charge in [0.25, 0.3) is 0 Å². The van der Waals surface area contributed by atoms with Crippen LogP contribution in [0.3, 0.4) is 0 Å². The van der Waals surface area contributed by atoms with Gasteiger partial charge in [0.1, 0.15) is 11.9 Å². The van der Waals surface area contributed by atoms with Gasteiger partial charge >= 0.3 is 5.97 Å². The molecule has 0 aliphatic carbocycles. The van der Waals surface area contributed by atoms with E-state index in [1.54, 1.807) is 0 Å². The molecule has 2 fully saturated rings. The molecule has 0 saturated carbocycles. The topological polar surface area (TPSA) is 67.4 Å². The lowest BCUT2D eigenvalue weighted by Crippen LogP contribution is -2.59. The SMILES string of the molecule is CC1(C)CC(OC(=O)CCCCCCCCC(=O)C2CC(C)(C)NC(C)(C)C2)CC(C)(C)N1. The van der Waals surface area contributed by atoms with Crippen LogP contribution in [0.2, 0.25) is 0 Å². The van der Waals surface area contributed by atoms with Crippen LogP contribution < -0.4 is 10.6 Å². The number of Topliss-reactive ketones (excluding diaryl/α,β-unsaturated/α-hetero) is 1. The Morgan fingerprint density at radius 3 is 1.52 bits per heavy atom. The standard InChI is InChI=1S/C28H52N2O3/c1-25(2)17-21(18-26(3,4)29-25)23(31)15-13-11-9-10-12-14-16-24(32)33-22-19-27(5,6)30-28(7,8)20-22/h21-22,29-30H,9-20H2,1-8H3. The molecule has 0 unspecified atom stereocenters. The average molecular weight is 465 g/mol. The molecule has 0 spiro atoms. The normalized spacial score (nSPS) is 24.4. The molecular formula is C28H52N2O3. The highest BCUT2D eigenvalue weighted by Gasteiger charge is 2.40. The molecule has 2 heterocycles. The summed E-state index contributed by atoms with van der Waals surface area (Å²) in [5.74, 6) is 0.593. The second kappa shape index (κ2) is 11.2. The monoisotopic (exact) mass is 464 g/mol. The molecular weight excluding hydrogens is 412 g/mol. The van der Waals surface area contributed by atoms with E-state index in [4.69, 9.17) is 4.74 Å². The number of rotatable bonds is 11. The third-order valence-corrected chi connectivity index (χ3v) is 7.15. The molecule has 0 radical (unpaired) electrons. The molecule has 0 aromatic heterocycles. The molecule has 2 saturated heterocycles. The Kier molecular flexibility index (Phi) is 9.60. The van der Waals surface area contributed by atoms with E-state index in [1.807, 2.05) is 0 Å². The van der Waals surface area contributed by atoms with Gasteiger partial charge in [-0.25, -0.2) is 0 Å². The smallest absolute Gasteiger partial charge is 0.306 e. The Bertz CT molecular complexity index is 634. The van der Waals surface area contributed by atoms with Gasteiger partial charge in [0.2, 0.25) is 0 Å². The summed E-state index contributed by atoms with van der Waals surface area (Å²) in [5, 5.41) is 7.29. The van der Waals surface area contributed by atoms with Crippen LogP contribution in [-0.4, -0.2) is 40.0 Å². The molecule has 192 valence electrons. The third-order valence-electron chi connectivity index (χ3n) is 7.15. The van der Waals surface area contributed by atoms with Gasteiger partial charge in [0.15, 0.2) is 0 Å². The summed E-state index contributed by atoms with van der Waals surface area (Å²) in [7, 11) is 0. The van der Waals surface area contributed by atoms with Crippen LogP contribution in [0.4, 0.5) is 0 Å². The van der Waals surface area contributed by atoms with Crippen molar-refractivity contribution in [1.82, 2.24) is 10.6 Å². The zero-order chi connectivity index (χ0) is 24.9. The first-order valence-electron chi connectivity index (χ1n) is 13.4. The third kappa shape index (κ3) is 10.5. The van der Waals surface area contributed by atoms with Crippen LogP contribution in [0.1, 0.15) is 132 Å². The van der Waals surface area contributed by atoms with Crippen LogP contribution in [-0.2, 0) is 14.3 Å². The molecule has 0 aromatic rings. The van der Waals surface area contributed by atoms with E-state index in [1.165, 1.54) is 0 Å². The molecule has 2 aliphatic rings. The number of esters is 1. The Hall–Kier alpha value is -0.940. The number of nitrogens with one attached hydrogen (secondary N) is 2. The van der Waals surface area contributed by atoms with Crippen molar-refractivity contribution in [2.24, 2.45) is 5.92 Å². The zero-order valence-corrected chi connectivity index (χ0v) is 22.9. The van der Waals surface area contributed by atoms with Crippen LogP contribution in [0.25, 0.3) is 0 Å². The number of carbonyl (C=O) groups excluding carboxylic acids is 2. The summed E-state index contributed by atoms with van der Waals surface area (Å²) in [4.78, 5) is 25.0. The van der Waals surface area contributed by atoms with Crippen LogP contribution in [0, 0.1) is 5.92 Å². The van der Waals surface area contributed by atoms with Crippen molar-refractivity contribution in [2.45, 2.75) is 161 Å². The predicted molar refractivity (Wildman–Crippen MR) is 136 cm³/mol. The number of carbonyl (C=O) groups is 2. The van der Waals surface area contributed by atoms with Crippen LogP contribution >= 0.6 is 0 Å².